The second-order valence-corrected chi connectivity index (χ2v) is 3.86. The van der Waals surface area contributed by atoms with Gasteiger partial charge in [-0.3, -0.25) is 9.59 Å². The van der Waals surface area contributed by atoms with Crippen LogP contribution in [0.15, 0.2) is 0 Å². The number of aliphatic carboxylic acids is 1. The summed E-state index contributed by atoms with van der Waals surface area (Å²) >= 11 is 0. The fourth-order valence-corrected chi connectivity index (χ4v) is 1.51. The van der Waals surface area contributed by atoms with Crippen LogP contribution in [-0.2, 0) is 9.59 Å². The van der Waals surface area contributed by atoms with Crippen molar-refractivity contribution in [2.75, 3.05) is 13.1 Å². The lowest BCUT2D eigenvalue weighted by atomic mass is 10.1. The molecule has 94 valence electrons. The minimum absolute atomic E-state index is 0.0566. The zero-order valence-corrected chi connectivity index (χ0v) is 10.1. The van der Waals surface area contributed by atoms with Gasteiger partial charge < -0.3 is 15.7 Å². The Labute approximate surface area is 96.6 Å². The number of amides is 1. The third-order valence-corrected chi connectivity index (χ3v) is 2.29. The summed E-state index contributed by atoms with van der Waals surface area (Å²) in [6.07, 6.45) is 1.92. The van der Waals surface area contributed by atoms with E-state index >= 15 is 0 Å². The van der Waals surface area contributed by atoms with Crippen LogP contribution in [0.1, 0.15) is 39.5 Å². The van der Waals surface area contributed by atoms with Gasteiger partial charge in [0.15, 0.2) is 0 Å². The summed E-state index contributed by atoms with van der Waals surface area (Å²) in [5.41, 5.74) is 5.67. The molecule has 0 unspecified atom stereocenters. The van der Waals surface area contributed by atoms with Crippen LogP contribution >= 0.6 is 0 Å². The molecule has 0 spiro atoms. The minimum atomic E-state index is -0.916. The summed E-state index contributed by atoms with van der Waals surface area (Å²) in [5, 5.41) is 8.51. The van der Waals surface area contributed by atoms with Gasteiger partial charge in [0.25, 0.3) is 0 Å². The lowest BCUT2D eigenvalue weighted by molar-refractivity contribution is -0.137. The molecular formula is C11H22N2O3. The van der Waals surface area contributed by atoms with Gasteiger partial charge in [0, 0.05) is 19.5 Å². The maximum Gasteiger partial charge on any atom is 0.303 e. The average Bonchev–Trinajstić information content (AvgIpc) is 2.24. The Balaban J connectivity index is 4.18. The van der Waals surface area contributed by atoms with Gasteiger partial charge in [0.05, 0.1) is 6.04 Å². The number of carboxylic acids is 1. The smallest absolute Gasteiger partial charge is 0.303 e. The molecule has 0 aliphatic carbocycles. The van der Waals surface area contributed by atoms with Gasteiger partial charge in [-0.1, -0.05) is 13.8 Å². The fourth-order valence-electron chi connectivity index (χ4n) is 1.51. The molecule has 0 rings (SSSR count). The van der Waals surface area contributed by atoms with Crippen molar-refractivity contribution < 1.29 is 14.7 Å². The molecule has 0 saturated carbocycles. The van der Waals surface area contributed by atoms with Gasteiger partial charge in [-0.05, 0) is 19.3 Å². The summed E-state index contributed by atoms with van der Waals surface area (Å²) in [7, 11) is 0. The van der Waals surface area contributed by atoms with E-state index in [1.807, 2.05) is 13.8 Å². The largest absolute Gasteiger partial charge is 0.481 e. The highest BCUT2D eigenvalue weighted by Crippen LogP contribution is 2.03. The molecule has 0 aromatic carbocycles. The van der Waals surface area contributed by atoms with E-state index in [-0.39, 0.29) is 18.7 Å². The first-order valence-corrected chi connectivity index (χ1v) is 5.79. The maximum atomic E-state index is 11.8. The van der Waals surface area contributed by atoms with E-state index in [0.717, 1.165) is 12.8 Å². The third-order valence-electron chi connectivity index (χ3n) is 2.29. The molecule has 1 atom stereocenters. The summed E-state index contributed by atoms with van der Waals surface area (Å²) in [5.74, 6) is -1.05. The van der Waals surface area contributed by atoms with Gasteiger partial charge in [0.1, 0.15) is 0 Å². The number of carbonyl (C=O) groups excluding carboxylic acids is 1. The molecule has 0 aromatic rings. The first-order chi connectivity index (χ1) is 7.52. The van der Waals surface area contributed by atoms with Gasteiger partial charge in [-0.15, -0.1) is 0 Å². The molecule has 16 heavy (non-hydrogen) atoms. The summed E-state index contributed by atoms with van der Waals surface area (Å²) < 4.78 is 0. The molecule has 1 amide bonds. The molecule has 5 heteroatoms. The number of carbonyl (C=O) groups is 2. The van der Waals surface area contributed by atoms with Gasteiger partial charge in [0.2, 0.25) is 5.91 Å². The average molecular weight is 230 g/mol. The number of hydrogen-bond acceptors (Lipinski definition) is 3. The van der Waals surface area contributed by atoms with Crippen molar-refractivity contribution in [3.05, 3.63) is 0 Å². The van der Waals surface area contributed by atoms with Crippen molar-refractivity contribution >= 4 is 11.9 Å². The number of nitrogens with zero attached hydrogens (tertiary/aromatic N) is 1. The van der Waals surface area contributed by atoms with E-state index in [2.05, 4.69) is 0 Å². The van der Waals surface area contributed by atoms with Crippen LogP contribution in [0.3, 0.4) is 0 Å². The monoisotopic (exact) mass is 230 g/mol. The predicted octanol–water partition coefficient (Wildman–Crippen LogP) is 0.827. The van der Waals surface area contributed by atoms with Crippen LogP contribution in [-0.4, -0.2) is 41.0 Å². The molecule has 5 nitrogen and oxygen atoms in total. The Bertz CT molecular complexity index is 225. The lowest BCUT2D eigenvalue weighted by Gasteiger charge is -2.24. The predicted molar refractivity (Wildman–Crippen MR) is 62.0 cm³/mol. The second-order valence-electron chi connectivity index (χ2n) is 3.86. The van der Waals surface area contributed by atoms with E-state index in [0.29, 0.717) is 13.1 Å². The van der Waals surface area contributed by atoms with E-state index in [9.17, 15) is 9.59 Å². The number of hydrogen-bond donors (Lipinski definition) is 2. The molecule has 0 aliphatic rings. The minimum Gasteiger partial charge on any atom is -0.481 e. The Hall–Kier alpha value is -1.10. The van der Waals surface area contributed by atoms with E-state index < -0.39 is 12.0 Å². The van der Waals surface area contributed by atoms with Crippen LogP contribution in [0.25, 0.3) is 0 Å². The van der Waals surface area contributed by atoms with Crippen LogP contribution in [0, 0.1) is 0 Å². The third kappa shape index (κ3) is 5.70. The highest BCUT2D eigenvalue weighted by atomic mass is 16.4. The standard InChI is InChI=1S/C11H22N2O3/c1-3-7-13(8-4-2)11(16)9(12)5-6-10(14)15/h9H,3-8,12H2,1-2H3,(H,14,15)/t9-/m0/s1. The van der Waals surface area contributed by atoms with Crippen molar-refractivity contribution in [1.29, 1.82) is 0 Å². The molecule has 0 bridgehead atoms. The highest BCUT2D eigenvalue weighted by molar-refractivity contribution is 5.82. The van der Waals surface area contributed by atoms with Crippen LogP contribution < -0.4 is 5.73 Å². The maximum absolute atomic E-state index is 11.8. The van der Waals surface area contributed by atoms with Gasteiger partial charge in [-0.25, -0.2) is 0 Å². The van der Waals surface area contributed by atoms with Gasteiger partial charge in [-0.2, -0.15) is 0 Å². The van der Waals surface area contributed by atoms with Crippen molar-refractivity contribution in [3.63, 3.8) is 0 Å². The van der Waals surface area contributed by atoms with E-state index in [4.69, 9.17) is 10.8 Å². The van der Waals surface area contributed by atoms with Crippen molar-refractivity contribution in [3.8, 4) is 0 Å². The SMILES string of the molecule is CCCN(CCC)C(=O)[C@@H](N)CCC(=O)O. The molecule has 0 aromatic heterocycles. The van der Waals surface area contributed by atoms with E-state index in [1.54, 1.807) is 4.90 Å². The molecule has 3 N–H and O–H groups in total. The Morgan fingerprint density at radius 1 is 1.25 bits per heavy atom. The molecule has 0 heterocycles. The topological polar surface area (TPSA) is 83.6 Å². The molecular weight excluding hydrogens is 208 g/mol. The van der Waals surface area contributed by atoms with E-state index in [1.165, 1.54) is 0 Å². The first kappa shape index (κ1) is 14.9. The molecule has 0 radical (unpaired) electrons. The zero-order valence-electron chi connectivity index (χ0n) is 10.1. The van der Waals surface area contributed by atoms with Crippen LogP contribution in [0.4, 0.5) is 0 Å². The Kier molecular flexibility index (Phi) is 7.54. The zero-order chi connectivity index (χ0) is 12.6. The highest BCUT2D eigenvalue weighted by Gasteiger charge is 2.20. The Morgan fingerprint density at radius 3 is 2.12 bits per heavy atom. The normalized spacial score (nSPS) is 12.2. The van der Waals surface area contributed by atoms with Crippen molar-refractivity contribution in [2.24, 2.45) is 5.73 Å². The fraction of sp³-hybridized carbons (Fsp3) is 0.818. The first-order valence-electron chi connectivity index (χ1n) is 5.79. The number of rotatable bonds is 8. The summed E-state index contributed by atoms with van der Waals surface area (Å²) in [4.78, 5) is 23.9. The van der Waals surface area contributed by atoms with Crippen molar-refractivity contribution in [1.82, 2.24) is 4.90 Å². The second kappa shape index (κ2) is 8.10. The Morgan fingerprint density at radius 2 is 1.75 bits per heavy atom. The molecule has 0 fully saturated rings. The quantitative estimate of drug-likeness (QED) is 0.647. The number of carboxylic acid groups (broad SMARTS) is 1. The lowest BCUT2D eigenvalue weighted by Crippen LogP contribution is -2.44. The molecule has 0 aliphatic heterocycles. The summed E-state index contributed by atoms with van der Waals surface area (Å²) in [6, 6.07) is -0.686. The van der Waals surface area contributed by atoms with Crippen LogP contribution in [0.5, 0.6) is 0 Å². The van der Waals surface area contributed by atoms with Crippen LogP contribution in [0.2, 0.25) is 0 Å². The molecule has 0 saturated heterocycles. The van der Waals surface area contributed by atoms with Crippen molar-refractivity contribution in [2.45, 2.75) is 45.6 Å². The number of nitrogens with two attached hydrogens (primary N) is 1. The summed E-state index contributed by atoms with van der Waals surface area (Å²) in [6.45, 7) is 5.37. The van der Waals surface area contributed by atoms with Gasteiger partial charge >= 0.3 is 5.97 Å².